The van der Waals surface area contributed by atoms with Crippen LogP contribution in [0.25, 0.3) is 0 Å². The van der Waals surface area contributed by atoms with E-state index in [0.29, 0.717) is 0 Å². The number of hydrogen-bond acceptors (Lipinski definition) is 4. The van der Waals surface area contributed by atoms with Crippen LogP contribution in [0, 0.1) is 0 Å². The number of aromatic nitrogens is 4. The van der Waals surface area contributed by atoms with Gasteiger partial charge < -0.3 is 4.57 Å². The van der Waals surface area contributed by atoms with E-state index in [0.717, 1.165) is 18.8 Å². The molecule has 0 saturated heterocycles. The molecule has 0 amide bonds. The number of hydrogen-bond donors (Lipinski definition) is 0. The SMILES string of the molecule is C[C@@H](c1ccncn1)N(C)Cc1cncn1Cc1ccccc1. The fourth-order valence-electron chi connectivity index (χ4n) is 2.57. The lowest BCUT2D eigenvalue weighted by molar-refractivity contribution is 0.242. The van der Waals surface area contributed by atoms with Gasteiger partial charge in [0.1, 0.15) is 6.33 Å². The third kappa shape index (κ3) is 3.81. The Balaban J connectivity index is 1.70. The normalized spacial score (nSPS) is 12.5. The van der Waals surface area contributed by atoms with Gasteiger partial charge in [0.2, 0.25) is 0 Å². The van der Waals surface area contributed by atoms with Gasteiger partial charge in [0.05, 0.1) is 17.7 Å². The van der Waals surface area contributed by atoms with Gasteiger partial charge in [-0.05, 0) is 25.6 Å². The van der Waals surface area contributed by atoms with Crippen LogP contribution >= 0.6 is 0 Å². The van der Waals surface area contributed by atoms with Crippen molar-refractivity contribution in [1.82, 2.24) is 24.4 Å². The van der Waals surface area contributed by atoms with E-state index in [9.17, 15) is 0 Å². The third-order valence-corrected chi connectivity index (χ3v) is 4.10. The first-order valence-corrected chi connectivity index (χ1v) is 7.73. The first-order chi connectivity index (χ1) is 11.2. The molecule has 5 nitrogen and oxygen atoms in total. The maximum Gasteiger partial charge on any atom is 0.115 e. The third-order valence-electron chi connectivity index (χ3n) is 4.10. The van der Waals surface area contributed by atoms with Crippen LogP contribution in [-0.2, 0) is 13.1 Å². The van der Waals surface area contributed by atoms with Gasteiger partial charge in [-0.15, -0.1) is 0 Å². The maximum absolute atomic E-state index is 4.34. The predicted octanol–water partition coefficient (Wildman–Crippen LogP) is 2.91. The van der Waals surface area contributed by atoms with Gasteiger partial charge in [0.25, 0.3) is 0 Å². The Morgan fingerprint density at radius 2 is 1.96 bits per heavy atom. The minimum absolute atomic E-state index is 0.220. The zero-order valence-electron chi connectivity index (χ0n) is 13.5. The van der Waals surface area contributed by atoms with Crippen molar-refractivity contribution in [3.8, 4) is 0 Å². The Labute approximate surface area is 136 Å². The zero-order chi connectivity index (χ0) is 16.1. The van der Waals surface area contributed by atoms with E-state index >= 15 is 0 Å². The Morgan fingerprint density at radius 1 is 1.13 bits per heavy atom. The molecular formula is C18H21N5. The van der Waals surface area contributed by atoms with E-state index in [1.54, 1.807) is 12.5 Å². The highest BCUT2D eigenvalue weighted by molar-refractivity contribution is 5.16. The average molecular weight is 307 g/mol. The Morgan fingerprint density at radius 3 is 2.70 bits per heavy atom. The van der Waals surface area contributed by atoms with Gasteiger partial charge in [-0.25, -0.2) is 15.0 Å². The van der Waals surface area contributed by atoms with E-state index in [4.69, 9.17) is 0 Å². The second kappa shape index (κ2) is 7.15. The lowest BCUT2D eigenvalue weighted by Gasteiger charge is -2.24. The van der Waals surface area contributed by atoms with Crippen molar-refractivity contribution >= 4 is 0 Å². The molecule has 0 radical (unpaired) electrons. The van der Waals surface area contributed by atoms with Crippen LogP contribution < -0.4 is 0 Å². The quantitative estimate of drug-likeness (QED) is 0.702. The van der Waals surface area contributed by atoms with E-state index in [-0.39, 0.29) is 6.04 Å². The van der Waals surface area contributed by atoms with Gasteiger partial charge in [-0.3, -0.25) is 4.90 Å². The average Bonchev–Trinajstić information content (AvgIpc) is 3.02. The van der Waals surface area contributed by atoms with Gasteiger partial charge in [-0.1, -0.05) is 30.3 Å². The predicted molar refractivity (Wildman–Crippen MR) is 89.7 cm³/mol. The second-order valence-corrected chi connectivity index (χ2v) is 5.72. The van der Waals surface area contributed by atoms with Crippen LogP contribution in [0.5, 0.6) is 0 Å². The molecule has 1 aromatic carbocycles. The summed E-state index contributed by atoms with van der Waals surface area (Å²) in [6.07, 6.45) is 7.21. The van der Waals surface area contributed by atoms with Crippen molar-refractivity contribution in [2.45, 2.75) is 26.1 Å². The summed E-state index contributed by atoms with van der Waals surface area (Å²) < 4.78 is 2.19. The molecule has 0 spiro atoms. The molecule has 3 aromatic rings. The highest BCUT2D eigenvalue weighted by Crippen LogP contribution is 2.18. The molecule has 0 unspecified atom stereocenters. The molecule has 0 fully saturated rings. The molecule has 5 heteroatoms. The Bertz CT molecular complexity index is 723. The number of benzene rings is 1. The Hall–Kier alpha value is -2.53. The molecule has 1 atom stereocenters. The summed E-state index contributed by atoms with van der Waals surface area (Å²) in [5.74, 6) is 0. The lowest BCUT2D eigenvalue weighted by Crippen LogP contribution is -2.24. The van der Waals surface area contributed by atoms with Crippen LogP contribution in [0.15, 0.2) is 61.4 Å². The lowest BCUT2D eigenvalue weighted by atomic mass is 10.2. The maximum atomic E-state index is 4.34. The molecule has 0 saturated carbocycles. The van der Waals surface area contributed by atoms with E-state index in [1.165, 1.54) is 11.3 Å². The highest BCUT2D eigenvalue weighted by atomic mass is 15.2. The topological polar surface area (TPSA) is 46.8 Å². The fourth-order valence-corrected chi connectivity index (χ4v) is 2.57. The highest BCUT2D eigenvalue weighted by Gasteiger charge is 2.15. The minimum Gasteiger partial charge on any atom is -0.329 e. The molecule has 0 bridgehead atoms. The molecule has 23 heavy (non-hydrogen) atoms. The van der Waals surface area contributed by atoms with E-state index in [2.05, 4.69) is 62.7 Å². The molecule has 2 heterocycles. The first-order valence-electron chi connectivity index (χ1n) is 7.73. The van der Waals surface area contributed by atoms with Gasteiger partial charge in [0.15, 0.2) is 0 Å². The minimum atomic E-state index is 0.220. The summed E-state index contributed by atoms with van der Waals surface area (Å²) in [5, 5.41) is 0. The van der Waals surface area contributed by atoms with Gasteiger partial charge in [0, 0.05) is 31.5 Å². The van der Waals surface area contributed by atoms with Crippen molar-refractivity contribution in [2.75, 3.05) is 7.05 Å². The summed E-state index contributed by atoms with van der Waals surface area (Å²) in [5.41, 5.74) is 3.49. The fraction of sp³-hybridized carbons (Fsp3) is 0.278. The van der Waals surface area contributed by atoms with Gasteiger partial charge in [-0.2, -0.15) is 0 Å². The van der Waals surface area contributed by atoms with Crippen molar-refractivity contribution in [3.05, 3.63) is 78.4 Å². The molecule has 0 aliphatic heterocycles. The van der Waals surface area contributed by atoms with Crippen LogP contribution in [-0.4, -0.2) is 31.5 Å². The van der Waals surface area contributed by atoms with Crippen molar-refractivity contribution in [2.24, 2.45) is 0 Å². The molecule has 2 aromatic heterocycles. The standard InChI is InChI=1S/C18H21N5/c1-15(18-8-9-19-13-21-18)22(2)12-17-10-20-14-23(17)11-16-6-4-3-5-7-16/h3-10,13-15H,11-12H2,1-2H3/t15-/m0/s1. The summed E-state index contributed by atoms with van der Waals surface area (Å²) in [7, 11) is 2.10. The van der Waals surface area contributed by atoms with Crippen LogP contribution in [0.1, 0.15) is 29.9 Å². The van der Waals surface area contributed by atoms with Crippen LogP contribution in [0.2, 0.25) is 0 Å². The molecule has 0 N–H and O–H groups in total. The molecular weight excluding hydrogens is 286 g/mol. The van der Waals surface area contributed by atoms with E-state index in [1.807, 2.05) is 24.7 Å². The smallest absolute Gasteiger partial charge is 0.115 e. The Kier molecular flexibility index (Phi) is 4.78. The zero-order valence-corrected chi connectivity index (χ0v) is 13.5. The number of imidazole rings is 1. The molecule has 0 aliphatic carbocycles. The first kappa shape index (κ1) is 15.4. The van der Waals surface area contributed by atoms with Crippen molar-refractivity contribution in [3.63, 3.8) is 0 Å². The van der Waals surface area contributed by atoms with Crippen LogP contribution in [0.4, 0.5) is 0 Å². The largest absolute Gasteiger partial charge is 0.329 e. The second-order valence-electron chi connectivity index (χ2n) is 5.72. The number of rotatable bonds is 6. The summed E-state index contributed by atoms with van der Waals surface area (Å²) in [6, 6.07) is 12.6. The summed E-state index contributed by atoms with van der Waals surface area (Å²) >= 11 is 0. The van der Waals surface area contributed by atoms with E-state index < -0.39 is 0 Å². The molecule has 0 aliphatic rings. The number of nitrogens with zero attached hydrogens (tertiary/aromatic N) is 5. The van der Waals surface area contributed by atoms with Crippen LogP contribution in [0.3, 0.4) is 0 Å². The van der Waals surface area contributed by atoms with Gasteiger partial charge >= 0.3 is 0 Å². The van der Waals surface area contributed by atoms with Crippen molar-refractivity contribution < 1.29 is 0 Å². The summed E-state index contributed by atoms with van der Waals surface area (Å²) in [6.45, 7) is 3.81. The summed E-state index contributed by atoms with van der Waals surface area (Å²) in [4.78, 5) is 14.9. The molecule has 118 valence electrons. The van der Waals surface area contributed by atoms with Crippen molar-refractivity contribution in [1.29, 1.82) is 0 Å². The molecule has 3 rings (SSSR count). The monoisotopic (exact) mass is 307 g/mol.